The molecule has 1 aliphatic carbocycles. The minimum Gasteiger partial charge on any atom is -0.474 e. The van der Waals surface area contributed by atoms with Crippen molar-refractivity contribution in [1.29, 1.82) is 0 Å². The number of aromatic nitrogens is 2. The number of rotatable bonds is 5. The van der Waals surface area contributed by atoms with Crippen molar-refractivity contribution >= 4 is 22.9 Å². The van der Waals surface area contributed by atoms with Gasteiger partial charge < -0.3 is 29.5 Å². The molecule has 2 aromatic carbocycles. The number of nitrogens with zero attached hydrogens (tertiary/aromatic N) is 4. The van der Waals surface area contributed by atoms with Crippen LogP contribution < -0.4 is 9.64 Å². The number of benzene rings is 2. The summed E-state index contributed by atoms with van der Waals surface area (Å²) in [5, 5.41) is 20.5. The van der Waals surface area contributed by atoms with Gasteiger partial charge in [0.15, 0.2) is 0 Å². The number of anilines is 1. The Labute approximate surface area is 197 Å². The Kier molecular flexibility index (Phi) is 6.46. The molecule has 1 aromatic heterocycles. The second-order valence-corrected chi connectivity index (χ2v) is 8.71. The topological polar surface area (TPSA) is 108 Å². The molecule has 1 saturated carbocycles. The number of ether oxygens (including phenoxy) is 2. The molecular weight excluding hydrogens is 436 g/mol. The van der Waals surface area contributed by atoms with Crippen LogP contribution in [-0.2, 0) is 11.3 Å². The van der Waals surface area contributed by atoms with Crippen molar-refractivity contribution in [3.63, 3.8) is 0 Å². The number of piperazine rings is 1. The van der Waals surface area contributed by atoms with E-state index in [1.807, 2.05) is 59.5 Å². The maximum atomic E-state index is 12.5. The second-order valence-electron chi connectivity index (χ2n) is 8.71. The summed E-state index contributed by atoms with van der Waals surface area (Å²) in [4.78, 5) is 25.6. The number of aliphatic hydroxyl groups excluding tert-OH is 2. The smallest absolute Gasteiger partial charge is 0.410 e. The van der Waals surface area contributed by atoms with Gasteiger partial charge in [0.25, 0.3) is 0 Å². The molecule has 1 unspecified atom stereocenters. The monoisotopic (exact) mass is 464 g/mol. The van der Waals surface area contributed by atoms with Crippen molar-refractivity contribution in [2.45, 2.75) is 37.8 Å². The van der Waals surface area contributed by atoms with Crippen molar-refractivity contribution in [3.05, 3.63) is 60.2 Å². The largest absolute Gasteiger partial charge is 0.474 e. The van der Waals surface area contributed by atoms with Gasteiger partial charge in [-0.25, -0.2) is 9.78 Å². The number of para-hydroxylation sites is 1. The van der Waals surface area contributed by atoms with Crippen LogP contribution in [0.15, 0.2) is 54.6 Å². The van der Waals surface area contributed by atoms with Crippen molar-refractivity contribution in [1.82, 2.24) is 14.9 Å². The van der Waals surface area contributed by atoms with Crippen molar-refractivity contribution < 1.29 is 24.5 Å². The molecule has 178 valence electrons. The number of amides is 1. The number of hydrogen-bond donors (Lipinski definition) is 2. The van der Waals surface area contributed by atoms with E-state index in [1.165, 1.54) is 0 Å². The molecule has 2 fully saturated rings. The fraction of sp³-hybridized carbons (Fsp3) is 0.400. The van der Waals surface area contributed by atoms with Crippen LogP contribution in [0.3, 0.4) is 0 Å². The Morgan fingerprint density at radius 1 is 0.912 bits per heavy atom. The molecule has 0 radical (unpaired) electrons. The third-order valence-electron chi connectivity index (χ3n) is 6.31. The molecule has 2 N–H and O–H groups in total. The molecule has 2 aliphatic rings. The van der Waals surface area contributed by atoms with Gasteiger partial charge in [-0.2, -0.15) is 4.98 Å². The molecule has 9 heteroatoms. The van der Waals surface area contributed by atoms with Crippen LogP contribution in [0.1, 0.15) is 18.4 Å². The van der Waals surface area contributed by atoms with E-state index in [1.54, 1.807) is 4.90 Å². The van der Waals surface area contributed by atoms with Crippen molar-refractivity contribution in [2.24, 2.45) is 0 Å². The predicted octanol–water partition coefficient (Wildman–Crippen LogP) is 2.35. The minimum atomic E-state index is -0.785. The highest BCUT2D eigenvalue weighted by Gasteiger charge is 2.34. The molecule has 1 saturated heterocycles. The van der Waals surface area contributed by atoms with Crippen LogP contribution in [0, 0.1) is 0 Å². The SMILES string of the molecule is O=C(OCc1ccccc1)N1CCN(c2nc(OC3C[C@@H](O)[C@@H](O)C3)c3ccccc3n2)CC1. The zero-order chi connectivity index (χ0) is 23.5. The first-order valence-corrected chi connectivity index (χ1v) is 11.6. The lowest BCUT2D eigenvalue weighted by atomic mass is 10.2. The average Bonchev–Trinajstić information content (AvgIpc) is 3.19. The lowest BCUT2D eigenvalue weighted by molar-refractivity contribution is 0.0438. The Bertz CT molecular complexity index is 1130. The number of hydrogen-bond acceptors (Lipinski definition) is 8. The Hall–Kier alpha value is -3.43. The molecule has 34 heavy (non-hydrogen) atoms. The van der Waals surface area contributed by atoms with Gasteiger partial charge in [0, 0.05) is 39.0 Å². The van der Waals surface area contributed by atoms with E-state index in [0.29, 0.717) is 50.8 Å². The van der Waals surface area contributed by atoms with Crippen LogP contribution >= 0.6 is 0 Å². The highest BCUT2D eigenvalue weighted by atomic mass is 16.6. The van der Waals surface area contributed by atoms with E-state index in [-0.39, 0.29) is 18.8 Å². The third-order valence-corrected chi connectivity index (χ3v) is 6.31. The van der Waals surface area contributed by atoms with Gasteiger partial charge in [0.1, 0.15) is 12.7 Å². The summed E-state index contributed by atoms with van der Waals surface area (Å²) in [5.74, 6) is 0.974. The first-order valence-electron chi connectivity index (χ1n) is 11.6. The fourth-order valence-electron chi connectivity index (χ4n) is 4.37. The molecular formula is C25H28N4O5. The second kappa shape index (κ2) is 9.82. The van der Waals surface area contributed by atoms with Crippen LogP contribution in [0.2, 0.25) is 0 Å². The molecule has 1 aliphatic heterocycles. The van der Waals surface area contributed by atoms with Gasteiger partial charge in [0.05, 0.1) is 23.1 Å². The summed E-state index contributed by atoms with van der Waals surface area (Å²) in [7, 11) is 0. The Morgan fingerprint density at radius 3 is 2.32 bits per heavy atom. The van der Waals surface area contributed by atoms with E-state index >= 15 is 0 Å². The molecule has 0 bridgehead atoms. The lowest BCUT2D eigenvalue weighted by Gasteiger charge is -2.34. The Morgan fingerprint density at radius 2 is 1.59 bits per heavy atom. The van der Waals surface area contributed by atoms with E-state index in [2.05, 4.69) is 4.98 Å². The highest BCUT2D eigenvalue weighted by molar-refractivity contribution is 5.84. The van der Waals surface area contributed by atoms with Crippen LogP contribution in [0.5, 0.6) is 5.88 Å². The van der Waals surface area contributed by atoms with Crippen LogP contribution in [0.25, 0.3) is 10.9 Å². The van der Waals surface area contributed by atoms with Gasteiger partial charge in [-0.3, -0.25) is 0 Å². The Balaban J connectivity index is 1.25. The summed E-state index contributed by atoms with van der Waals surface area (Å²) in [6, 6.07) is 17.2. The van der Waals surface area contributed by atoms with Crippen LogP contribution in [0.4, 0.5) is 10.7 Å². The normalized spacial score (nSPS) is 22.7. The molecule has 3 aromatic rings. The summed E-state index contributed by atoms with van der Waals surface area (Å²) < 4.78 is 11.6. The number of carbonyl (C=O) groups excluding carboxylic acids is 1. The lowest BCUT2D eigenvalue weighted by Crippen LogP contribution is -2.49. The summed E-state index contributed by atoms with van der Waals surface area (Å²) in [6.45, 7) is 2.39. The maximum absolute atomic E-state index is 12.5. The fourth-order valence-corrected chi connectivity index (χ4v) is 4.37. The van der Waals surface area contributed by atoms with E-state index in [0.717, 1.165) is 16.5 Å². The van der Waals surface area contributed by atoms with Gasteiger partial charge >= 0.3 is 6.09 Å². The standard InChI is InChI=1S/C25H28N4O5/c30-21-14-18(15-22(21)31)34-23-19-8-4-5-9-20(19)26-24(27-23)28-10-12-29(13-11-28)25(32)33-16-17-6-2-1-3-7-17/h1-9,18,21-22,30-31H,10-16H2/t18?,21-,22+. The number of carbonyl (C=O) groups is 1. The third kappa shape index (κ3) is 4.90. The van der Waals surface area contributed by atoms with E-state index in [4.69, 9.17) is 14.5 Å². The van der Waals surface area contributed by atoms with Crippen LogP contribution in [-0.4, -0.2) is 75.7 Å². The molecule has 0 spiro atoms. The zero-order valence-electron chi connectivity index (χ0n) is 18.8. The van der Waals surface area contributed by atoms with E-state index in [9.17, 15) is 15.0 Å². The predicted molar refractivity (Wildman–Crippen MR) is 126 cm³/mol. The zero-order valence-corrected chi connectivity index (χ0v) is 18.8. The van der Waals surface area contributed by atoms with Gasteiger partial charge in [-0.05, 0) is 17.7 Å². The minimum absolute atomic E-state index is 0.249. The maximum Gasteiger partial charge on any atom is 0.410 e. The molecule has 2 heterocycles. The number of aliphatic hydroxyl groups is 2. The van der Waals surface area contributed by atoms with Gasteiger partial charge in [-0.1, -0.05) is 42.5 Å². The molecule has 1 amide bonds. The average molecular weight is 465 g/mol. The van der Waals surface area contributed by atoms with Crippen molar-refractivity contribution in [2.75, 3.05) is 31.1 Å². The summed E-state index contributed by atoms with van der Waals surface area (Å²) in [6.07, 6.45) is -1.49. The molecule has 9 nitrogen and oxygen atoms in total. The summed E-state index contributed by atoms with van der Waals surface area (Å²) >= 11 is 0. The quantitative estimate of drug-likeness (QED) is 0.593. The van der Waals surface area contributed by atoms with Crippen molar-refractivity contribution in [3.8, 4) is 5.88 Å². The highest BCUT2D eigenvalue weighted by Crippen LogP contribution is 2.30. The van der Waals surface area contributed by atoms with Gasteiger partial charge in [-0.15, -0.1) is 0 Å². The van der Waals surface area contributed by atoms with E-state index < -0.39 is 12.2 Å². The first-order chi connectivity index (χ1) is 16.6. The molecule has 5 rings (SSSR count). The first kappa shape index (κ1) is 22.4. The molecule has 3 atom stereocenters. The van der Waals surface area contributed by atoms with Gasteiger partial charge in [0.2, 0.25) is 11.8 Å². The number of fused-ring (bicyclic) bond motifs is 1. The summed E-state index contributed by atoms with van der Waals surface area (Å²) in [5.41, 5.74) is 1.71.